The van der Waals surface area contributed by atoms with Gasteiger partial charge in [0.1, 0.15) is 6.04 Å². The van der Waals surface area contributed by atoms with Gasteiger partial charge in [0.05, 0.1) is 12.6 Å². The van der Waals surface area contributed by atoms with Gasteiger partial charge in [0, 0.05) is 0 Å². The normalized spacial score (nSPS) is 13.9. The van der Waals surface area contributed by atoms with Crippen LogP contribution in [0.4, 0.5) is 4.79 Å². The van der Waals surface area contributed by atoms with Crippen LogP contribution in [0.2, 0.25) is 0 Å². The van der Waals surface area contributed by atoms with Crippen LogP contribution in [0.1, 0.15) is 32.3 Å². The number of benzene rings is 1. The zero-order valence-corrected chi connectivity index (χ0v) is 17.4. The van der Waals surface area contributed by atoms with Crippen molar-refractivity contribution in [2.24, 2.45) is 11.7 Å². The Morgan fingerprint density at radius 3 is 2.43 bits per heavy atom. The summed E-state index contributed by atoms with van der Waals surface area (Å²) in [6, 6.07) is 6.58. The van der Waals surface area contributed by atoms with Crippen molar-refractivity contribution in [3.63, 3.8) is 0 Å². The number of carboxylic acids is 1. The molecule has 0 unspecified atom stereocenters. The maximum absolute atomic E-state index is 12.7. The summed E-state index contributed by atoms with van der Waals surface area (Å²) in [6.07, 6.45) is 2.86. The van der Waals surface area contributed by atoms with E-state index >= 15 is 0 Å². The summed E-state index contributed by atoms with van der Waals surface area (Å²) in [6.45, 7) is 3.87. The fraction of sp³-hybridized carbons (Fsp3) is 0.526. The van der Waals surface area contributed by atoms with E-state index in [9.17, 15) is 19.5 Å². The van der Waals surface area contributed by atoms with Gasteiger partial charge in [0.2, 0.25) is 0 Å². The van der Waals surface area contributed by atoms with Crippen LogP contribution in [0.15, 0.2) is 30.3 Å². The summed E-state index contributed by atoms with van der Waals surface area (Å²) in [5.41, 5.74) is 9.28. The molecule has 0 aliphatic rings. The molecular weight excluding hydrogens is 380 g/mol. The molecule has 0 radical (unpaired) electrons. The maximum atomic E-state index is 12.7. The first-order chi connectivity index (χ1) is 13.3. The number of urea groups is 1. The monoisotopic (exact) mass is 410 g/mol. The van der Waals surface area contributed by atoms with E-state index in [1.54, 1.807) is 0 Å². The second kappa shape index (κ2) is 12.2. The highest BCUT2D eigenvalue weighted by Crippen LogP contribution is 2.08. The smallest absolute Gasteiger partial charge is 0.337 e. The fourth-order valence-electron chi connectivity index (χ4n) is 2.37. The van der Waals surface area contributed by atoms with Crippen LogP contribution in [0, 0.1) is 5.92 Å². The van der Waals surface area contributed by atoms with Crippen molar-refractivity contribution in [3.05, 3.63) is 35.9 Å². The Morgan fingerprint density at radius 2 is 1.89 bits per heavy atom. The molecule has 0 saturated heterocycles. The van der Waals surface area contributed by atoms with Gasteiger partial charge in [0.25, 0.3) is 5.91 Å². The summed E-state index contributed by atoms with van der Waals surface area (Å²) in [4.78, 5) is 36.6. The molecule has 0 heterocycles. The van der Waals surface area contributed by atoms with E-state index < -0.39 is 30.0 Å². The van der Waals surface area contributed by atoms with Crippen LogP contribution in [-0.4, -0.2) is 52.1 Å². The summed E-state index contributed by atoms with van der Waals surface area (Å²) < 4.78 is 0. The predicted molar refractivity (Wildman–Crippen MR) is 111 cm³/mol. The first kappa shape index (κ1) is 23.8. The number of carbonyl (C=O) groups is 3. The molecule has 0 saturated carbocycles. The van der Waals surface area contributed by atoms with Gasteiger partial charge < -0.3 is 16.2 Å². The molecule has 9 heteroatoms. The molecule has 28 heavy (non-hydrogen) atoms. The van der Waals surface area contributed by atoms with Gasteiger partial charge in [-0.1, -0.05) is 50.6 Å². The molecule has 8 nitrogen and oxygen atoms in total. The molecule has 156 valence electrons. The average Bonchev–Trinajstić information content (AvgIpc) is 2.69. The number of carboxylic acid groups (broad SMARTS) is 1. The Kier molecular flexibility index (Phi) is 10.4. The van der Waals surface area contributed by atoms with E-state index in [2.05, 4.69) is 10.7 Å². The number of thioether (sulfide) groups is 1. The van der Waals surface area contributed by atoms with E-state index in [4.69, 9.17) is 5.73 Å². The third-order valence-corrected chi connectivity index (χ3v) is 5.08. The molecule has 1 aromatic carbocycles. The molecule has 0 aromatic heterocycles. The Morgan fingerprint density at radius 1 is 1.25 bits per heavy atom. The zero-order valence-electron chi connectivity index (χ0n) is 16.6. The lowest BCUT2D eigenvalue weighted by molar-refractivity contribution is -0.139. The highest BCUT2D eigenvalue weighted by molar-refractivity contribution is 7.98. The van der Waals surface area contributed by atoms with Crippen LogP contribution in [0.25, 0.3) is 0 Å². The third-order valence-electron chi connectivity index (χ3n) is 4.44. The second-order valence-electron chi connectivity index (χ2n) is 6.58. The van der Waals surface area contributed by atoms with Crippen LogP contribution in [0.3, 0.4) is 0 Å². The van der Waals surface area contributed by atoms with Crippen molar-refractivity contribution in [1.29, 1.82) is 0 Å². The topological polar surface area (TPSA) is 125 Å². The van der Waals surface area contributed by atoms with E-state index in [1.807, 2.05) is 50.4 Å². The lowest BCUT2D eigenvalue weighted by Gasteiger charge is -2.28. The van der Waals surface area contributed by atoms with Crippen molar-refractivity contribution in [1.82, 2.24) is 15.8 Å². The van der Waals surface area contributed by atoms with Crippen molar-refractivity contribution in [2.45, 2.75) is 45.3 Å². The molecule has 1 aromatic rings. The lowest BCUT2D eigenvalue weighted by Crippen LogP contribution is -2.57. The number of rotatable bonds is 10. The number of hydrogen-bond donors (Lipinski definition) is 4. The molecule has 3 amide bonds. The second-order valence-corrected chi connectivity index (χ2v) is 7.57. The number of carbonyl (C=O) groups excluding carboxylic acids is 2. The summed E-state index contributed by atoms with van der Waals surface area (Å²) >= 11 is 1.49. The van der Waals surface area contributed by atoms with Gasteiger partial charge in [-0.25, -0.2) is 14.6 Å². The van der Waals surface area contributed by atoms with Gasteiger partial charge in [-0.3, -0.25) is 10.2 Å². The van der Waals surface area contributed by atoms with E-state index in [-0.39, 0.29) is 18.9 Å². The highest BCUT2D eigenvalue weighted by atomic mass is 32.2. The maximum Gasteiger partial charge on any atom is 0.337 e. The van der Waals surface area contributed by atoms with Crippen molar-refractivity contribution in [3.8, 4) is 0 Å². The van der Waals surface area contributed by atoms with Gasteiger partial charge >= 0.3 is 12.0 Å². The largest absolute Gasteiger partial charge is 0.480 e. The highest BCUT2D eigenvalue weighted by Gasteiger charge is 2.27. The van der Waals surface area contributed by atoms with Crippen LogP contribution in [-0.2, 0) is 16.1 Å². The third kappa shape index (κ3) is 7.77. The fourth-order valence-corrected chi connectivity index (χ4v) is 2.84. The first-order valence-electron chi connectivity index (χ1n) is 9.19. The Balaban J connectivity index is 2.93. The van der Waals surface area contributed by atoms with Crippen LogP contribution < -0.4 is 16.5 Å². The number of nitrogens with two attached hydrogens (primary N) is 1. The molecule has 3 atom stereocenters. The molecule has 0 aliphatic carbocycles. The van der Waals surface area contributed by atoms with Crippen LogP contribution in [0.5, 0.6) is 0 Å². The number of amides is 3. The first-order valence-corrected chi connectivity index (χ1v) is 10.6. The molecule has 0 spiro atoms. The Hall–Kier alpha value is -2.26. The minimum absolute atomic E-state index is 0.0602. The lowest BCUT2D eigenvalue weighted by atomic mass is 10.00. The minimum Gasteiger partial charge on any atom is -0.480 e. The summed E-state index contributed by atoms with van der Waals surface area (Å²) in [5.74, 6) is -1.09. The number of nitrogens with one attached hydrogen (secondary N) is 2. The number of hydrazine groups is 1. The SMILES string of the molecule is CC[C@H](C)[C@H](N)C(=O)NN(Cc1ccccc1)C(=O)N[C@@H](CCSC)C(=O)O. The summed E-state index contributed by atoms with van der Waals surface area (Å²) in [5, 5.41) is 12.9. The molecule has 0 aliphatic heterocycles. The van der Waals surface area contributed by atoms with Crippen molar-refractivity contribution >= 4 is 29.7 Å². The molecule has 5 N–H and O–H groups in total. The summed E-state index contributed by atoms with van der Waals surface area (Å²) in [7, 11) is 0. The minimum atomic E-state index is -1.12. The van der Waals surface area contributed by atoms with Gasteiger partial charge in [-0.15, -0.1) is 0 Å². The molecular formula is C19H30N4O4S. The van der Waals surface area contributed by atoms with Gasteiger partial charge in [-0.2, -0.15) is 11.8 Å². The zero-order chi connectivity index (χ0) is 21.1. The quantitative estimate of drug-likeness (QED) is 0.436. The molecule has 0 fully saturated rings. The van der Waals surface area contributed by atoms with Crippen molar-refractivity contribution in [2.75, 3.05) is 12.0 Å². The molecule has 1 rings (SSSR count). The predicted octanol–water partition coefficient (Wildman–Crippen LogP) is 1.81. The van der Waals surface area contributed by atoms with E-state index in [1.165, 1.54) is 11.8 Å². The number of nitrogens with zero attached hydrogens (tertiary/aromatic N) is 1. The van der Waals surface area contributed by atoms with E-state index in [0.717, 1.165) is 17.0 Å². The Bertz CT molecular complexity index is 644. The van der Waals surface area contributed by atoms with Gasteiger partial charge in [-0.05, 0) is 29.9 Å². The number of hydrogen-bond acceptors (Lipinski definition) is 5. The van der Waals surface area contributed by atoms with Crippen molar-refractivity contribution < 1.29 is 19.5 Å². The standard InChI is InChI=1S/C19H30N4O4S/c1-4-13(2)16(20)17(24)22-23(12-14-8-6-5-7-9-14)19(27)21-15(18(25)26)10-11-28-3/h5-9,13,15-16H,4,10-12,20H2,1-3H3,(H,21,27)(H,22,24)(H,25,26)/t13-,15-,16-/m0/s1. The Labute approximate surface area is 170 Å². The number of aliphatic carboxylic acids is 1. The average molecular weight is 411 g/mol. The van der Waals surface area contributed by atoms with Crippen LogP contribution >= 0.6 is 11.8 Å². The molecule has 0 bridgehead atoms. The van der Waals surface area contributed by atoms with Gasteiger partial charge in [0.15, 0.2) is 0 Å². The van der Waals surface area contributed by atoms with E-state index in [0.29, 0.717) is 5.75 Å².